The second-order valence-electron chi connectivity index (χ2n) is 7.49. The summed E-state index contributed by atoms with van der Waals surface area (Å²) in [5.74, 6) is 0. The van der Waals surface area contributed by atoms with Gasteiger partial charge in [-0.1, -0.05) is 47.3 Å². The lowest BCUT2D eigenvalue weighted by Crippen LogP contribution is -2.59. The molecule has 1 aromatic carbocycles. The third-order valence-electron chi connectivity index (χ3n) is 5.40. The van der Waals surface area contributed by atoms with Crippen molar-refractivity contribution in [2.24, 2.45) is 4.99 Å². The third kappa shape index (κ3) is 3.99. The maximum atomic E-state index is 13.9. The van der Waals surface area contributed by atoms with E-state index >= 15 is 0 Å². The molecule has 2 aliphatic heterocycles. The molecule has 0 aliphatic carbocycles. The molecule has 1 aromatic heterocycles. The van der Waals surface area contributed by atoms with Crippen molar-refractivity contribution in [3.63, 3.8) is 0 Å². The van der Waals surface area contributed by atoms with Crippen molar-refractivity contribution < 1.29 is 33.2 Å². The highest BCUT2D eigenvalue weighted by Crippen LogP contribution is 2.43. The lowest BCUT2D eigenvalue weighted by molar-refractivity contribution is -0.249. The number of hydrogen-bond donors (Lipinski definition) is 4. The van der Waals surface area contributed by atoms with E-state index in [0.29, 0.717) is 11.7 Å². The molecule has 2 saturated heterocycles. The van der Waals surface area contributed by atoms with Gasteiger partial charge in [-0.25, -0.2) is 4.68 Å². The normalized spacial score (nSPS) is 31.2. The van der Waals surface area contributed by atoms with Gasteiger partial charge in [0.05, 0.1) is 18.8 Å². The lowest BCUT2D eigenvalue weighted by atomic mass is 9.90. The van der Waals surface area contributed by atoms with Gasteiger partial charge in [-0.2, -0.15) is 13.2 Å². The Morgan fingerprint density at radius 3 is 2.59 bits per heavy atom. The van der Waals surface area contributed by atoms with E-state index < -0.39 is 52.8 Å². The molecular formula is C19H22F3N5O4S. The number of benzene rings is 1. The fourth-order valence-corrected chi connectivity index (χ4v) is 4.93. The van der Waals surface area contributed by atoms with Crippen molar-refractivity contribution in [2.45, 2.75) is 55.0 Å². The van der Waals surface area contributed by atoms with Crippen LogP contribution in [0.2, 0.25) is 0 Å². The minimum absolute atomic E-state index is 0.183. The Labute approximate surface area is 185 Å². The molecule has 2 fully saturated rings. The molecule has 6 atom stereocenters. The summed E-state index contributed by atoms with van der Waals surface area (Å²) in [7, 11) is 0. The summed E-state index contributed by atoms with van der Waals surface area (Å²) in [5, 5.41) is 42.4. The first kappa shape index (κ1) is 23.0. The number of nitrogens with one attached hydrogen (secondary N) is 1. The summed E-state index contributed by atoms with van der Waals surface area (Å²) < 4.78 is 48.5. The van der Waals surface area contributed by atoms with Crippen molar-refractivity contribution >= 4 is 16.9 Å². The summed E-state index contributed by atoms with van der Waals surface area (Å²) >= 11 is 1.26. The number of ether oxygens (including phenoxy) is 1. The quantitative estimate of drug-likeness (QED) is 0.498. The van der Waals surface area contributed by atoms with E-state index in [0.717, 1.165) is 23.0 Å². The fraction of sp³-hybridized carbons (Fsp3) is 0.526. The van der Waals surface area contributed by atoms with Gasteiger partial charge in [-0.15, -0.1) is 5.10 Å². The van der Waals surface area contributed by atoms with E-state index in [1.165, 1.54) is 30.0 Å². The first-order valence-corrected chi connectivity index (χ1v) is 10.8. The molecule has 0 amide bonds. The van der Waals surface area contributed by atoms with Crippen LogP contribution in [-0.4, -0.2) is 78.0 Å². The van der Waals surface area contributed by atoms with Gasteiger partial charge in [0.2, 0.25) is 5.60 Å². The number of aromatic nitrogens is 3. The van der Waals surface area contributed by atoms with Gasteiger partial charge >= 0.3 is 6.18 Å². The van der Waals surface area contributed by atoms with Crippen molar-refractivity contribution in [1.29, 1.82) is 0 Å². The number of thioether (sulfide) groups is 1. The molecule has 0 spiro atoms. The predicted molar refractivity (Wildman–Crippen MR) is 109 cm³/mol. The summed E-state index contributed by atoms with van der Waals surface area (Å²) in [6.45, 7) is 2.20. The molecule has 9 nitrogen and oxygen atoms in total. The van der Waals surface area contributed by atoms with Crippen molar-refractivity contribution in [2.75, 3.05) is 6.54 Å². The average molecular weight is 473 g/mol. The minimum Gasteiger partial charge on any atom is -0.388 e. The lowest BCUT2D eigenvalue weighted by Gasteiger charge is -2.38. The van der Waals surface area contributed by atoms with E-state index in [-0.39, 0.29) is 6.54 Å². The second-order valence-corrected chi connectivity index (χ2v) is 8.58. The molecule has 4 N–H and O–H groups in total. The van der Waals surface area contributed by atoms with Crippen LogP contribution in [0.25, 0.3) is 0 Å². The fourth-order valence-electron chi connectivity index (χ4n) is 3.72. The summed E-state index contributed by atoms with van der Waals surface area (Å²) in [6, 6.07) is 6.02. The highest BCUT2D eigenvalue weighted by atomic mass is 32.2. The summed E-state index contributed by atoms with van der Waals surface area (Å²) in [4.78, 5) is 4.23. The first-order chi connectivity index (χ1) is 15.1. The minimum atomic E-state index is -5.05. The Morgan fingerprint density at radius 1 is 1.22 bits per heavy atom. The molecule has 1 unspecified atom stereocenters. The zero-order chi connectivity index (χ0) is 23.1. The number of amidine groups is 1. The van der Waals surface area contributed by atoms with Gasteiger partial charge < -0.3 is 25.4 Å². The van der Waals surface area contributed by atoms with Gasteiger partial charge in [-0.05, 0) is 12.5 Å². The van der Waals surface area contributed by atoms with Crippen LogP contribution in [0.5, 0.6) is 0 Å². The Hall–Kier alpha value is -2.19. The molecular weight excluding hydrogens is 451 g/mol. The van der Waals surface area contributed by atoms with Crippen molar-refractivity contribution in [3.05, 3.63) is 47.8 Å². The zero-order valence-corrected chi connectivity index (χ0v) is 17.7. The third-order valence-corrected chi connectivity index (χ3v) is 6.51. The van der Waals surface area contributed by atoms with Gasteiger partial charge in [0, 0.05) is 6.54 Å². The maximum Gasteiger partial charge on any atom is 0.427 e. The average Bonchev–Trinajstić information content (AvgIpc) is 3.38. The van der Waals surface area contributed by atoms with E-state index in [1.54, 1.807) is 0 Å². The van der Waals surface area contributed by atoms with Gasteiger partial charge in [0.1, 0.15) is 29.4 Å². The molecule has 2 aliphatic rings. The zero-order valence-electron chi connectivity index (χ0n) is 16.8. The van der Waals surface area contributed by atoms with Crippen LogP contribution in [0.3, 0.4) is 0 Å². The largest absolute Gasteiger partial charge is 0.427 e. The van der Waals surface area contributed by atoms with Crippen LogP contribution in [0.4, 0.5) is 13.2 Å². The molecule has 2 aromatic rings. The first-order valence-electron chi connectivity index (χ1n) is 9.89. The molecule has 174 valence electrons. The number of aliphatic hydroxyl groups excluding tert-OH is 2. The molecule has 0 bridgehead atoms. The number of fused-ring (bicyclic) bond motifs is 1. The van der Waals surface area contributed by atoms with E-state index in [9.17, 15) is 28.5 Å². The van der Waals surface area contributed by atoms with E-state index in [4.69, 9.17) is 4.74 Å². The van der Waals surface area contributed by atoms with Crippen LogP contribution in [0.15, 0.2) is 41.5 Å². The molecule has 0 saturated carbocycles. The SMILES string of the molecule is CCN=C1N[C@@H]2[C@@H](O)[C@H](O)[C@@H](Cn3cc(C(O)(c4ccccc4)C(F)(F)F)nn3)O[C@@H]2S1. The Kier molecular flexibility index (Phi) is 6.20. The molecule has 32 heavy (non-hydrogen) atoms. The van der Waals surface area contributed by atoms with Crippen LogP contribution in [-0.2, 0) is 16.9 Å². The Balaban J connectivity index is 1.56. The summed E-state index contributed by atoms with van der Waals surface area (Å²) in [6.07, 6.45) is -7.57. The van der Waals surface area contributed by atoms with Crippen LogP contribution < -0.4 is 5.32 Å². The number of nitrogens with zero attached hydrogens (tertiary/aromatic N) is 4. The second kappa shape index (κ2) is 8.63. The van der Waals surface area contributed by atoms with E-state index in [1.807, 2.05) is 6.92 Å². The van der Waals surface area contributed by atoms with Gasteiger partial charge in [0.25, 0.3) is 0 Å². The number of hydrogen-bond acceptors (Lipinski definition) is 8. The highest BCUT2D eigenvalue weighted by molar-refractivity contribution is 8.14. The number of alkyl halides is 3. The van der Waals surface area contributed by atoms with Crippen molar-refractivity contribution in [1.82, 2.24) is 20.3 Å². The molecule has 4 rings (SSSR count). The van der Waals surface area contributed by atoms with Gasteiger partial charge in [-0.3, -0.25) is 4.99 Å². The highest BCUT2D eigenvalue weighted by Gasteiger charge is 2.58. The topological polar surface area (TPSA) is 125 Å². The van der Waals surface area contributed by atoms with Crippen molar-refractivity contribution in [3.8, 4) is 0 Å². The number of rotatable bonds is 5. The Morgan fingerprint density at radius 2 is 1.94 bits per heavy atom. The van der Waals surface area contributed by atoms with E-state index in [2.05, 4.69) is 20.6 Å². The monoisotopic (exact) mass is 473 g/mol. The maximum absolute atomic E-state index is 13.9. The van der Waals surface area contributed by atoms with Gasteiger partial charge in [0.15, 0.2) is 5.17 Å². The van der Waals surface area contributed by atoms with Crippen LogP contribution in [0, 0.1) is 0 Å². The molecule has 13 heteroatoms. The smallest absolute Gasteiger partial charge is 0.388 e. The standard InChI is InChI=1S/C19H22F3N5O4S/c1-2-23-17-24-13-15(29)14(28)11(31-16(13)32-17)8-27-9-12(25-26-27)18(30,19(20,21)22)10-6-4-3-5-7-10/h3-7,9,11,13-16,28-30H,2,8H2,1H3,(H,23,24)/t11-,13-,14-,15-,16-,18?/m1/s1. The van der Waals surface area contributed by atoms with Crippen LogP contribution in [0.1, 0.15) is 18.2 Å². The number of aliphatic imine (C=N–C) groups is 1. The number of aliphatic hydroxyl groups is 3. The van der Waals surface area contributed by atoms with Crippen LogP contribution >= 0.6 is 11.8 Å². The molecule has 0 radical (unpaired) electrons. The predicted octanol–water partition coefficient (Wildman–Crippen LogP) is 0.604. The Bertz CT molecular complexity index is 975. The molecule has 3 heterocycles. The number of halogens is 3. The summed E-state index contributed by atoms with van der Waals surface area (Å²) in [5.41, 5.74) is -5.01.